The molecule has 1 aromatic carbocycles. The molecule has 1 fully saturated rings. The maximum Gasteiger partial charge on any atom is 0.305 e. The van der Waals surface area contributed by atoms with Crippen molar-refractivity contribution in [1.82, 2.24) is 9.80 Å². The van der Waals surface area contributed by atoms with E-state index in [0.717, 1.165) is 64.0 Å². The molecule has 0 radical (unpaired) electrons. The fourth-order valence-electron chi connectivity index (χ4n) is 3.35. The number of benzene rings is 1. The lowest BCUT2D eigenvalue weighted by Crippen LogP contribution is -2.43. The number of Topliss-reactive ketones (excluding diaryl/α,β-unsaturated/α-hetero) is 1. The summed E-state index contributed by atoms with van der Waals surface area (Å²) in [7, 11) is 2.16. The van der Waals surface area contributed by atoms with Crippen molar-refractivity contribution >= 4 is 11.8 Å². The second-order valence-corrected chi connectivity index (χ2v) is 7.42. The van der Waals surface area contributed by atoms with Crippen molar-refractivity contribution in [3.63, 3.8) is 0 Å². The smallest absolute Gasteiger partial charge is 0.305 e. The first kappa shape index (κ1) is 21.6. The van der Waals surface area contributed by atoms with Gasteiger partial charge < -0.3 is 9.64 Å². The normalized spacial score (nSPS) is 15.6. The van der Waals surface area contributed by atoms with E-state index in [1.54, 1.807) is 0 Å². The summed E-state index contributed by atoms with van der Waals surface area (Å²) in [5.41, 5.74) is 2.08. The van der Waals surface area contributed by atoms with Crippen LogP contribution in [0, 0.1) is 0 Å². The first-order chi connectivity index (χ1) is 13.1. The molecule has 0 N–H and O–H groups in total. The second-order valence-electron chi connectivity index (χ2n) is 7.42. The molecule has 150 valence electrons. The van der Waals surface area contributed by atoms with Crippen molar-refractivity contribution in [2.75, 3.05) is 39.8 Å². The largest absolute Gasteiger partial charge is 0.466 e. The van der Waals surface area contributed by atoms with Gasteiger partial charge in [0.15, 0.2) is 5.78 Å². The zero-order chi connectivity index (χ0) is 19.5. The van der Waals surface area contributed by atoms with Crippen LogP contribution in [0.2, 0.25) is 0 Å². The first-order valence-electron chi connectivity index (χ1n) is 10.3. The maximum absolute atomic E-state index is 12.3. The highest BCUT2D eigenvalue weighted by Crippen LogP contribution is 2.13. The Balaban J connectivity index is 1.63. The Morgan fingerprint density at radius 3 is 2.19 bits per heavy atom. The van der Waals surface area contributed by atoms with Gasteiger partial charge in [-0.1, -0.05) is 37.1 Å². The van der Waals surface area contributed by atoms with Crippen LogP contribution in [0.3, 0.4) is 0 Å². The molecule has 1 aromatic rings. The number of esters is 1. The molecule has 1 aliphatic heterocycles. The van der Waals surface area contributed by atoms with Crippen LogP contribution in [0.25, 0.3) is 0 Å². The van der Waals surface area contributed by atoms with Gasteiger partial charge in [-0.3, -0.25) is 14.5 Å². The molecule has 1 saturated heterocycles. The van der Waals surface area contributed by atoms with Gasteiger partial charge in [-0.2, -0.15) is 0 Å². The lowest BCUT2D eigenvalue weighted by Gasteiger charge is -2.32. The van der Waals surface area contributed by atoms with Crippen molar-refractivity contribution in [3.05, 3.63) is 35.4 Å². The average Bonchev–Trinajstić information content (AvgIpc) is 2.67. The summed E-state index contributed by atoms with van der Waals surface area (Å²) >= 11 is 0. The van der Waals surface area contributed by atoms with Gasteiger partial charge in [-0.25, -0.2) is 0 Å². The Labute approximate surface area is 163 Å². The fourth-order valence-corrected chi connectivity index (χ4v) is 3.35. The van der Waals surface area contributed by atoms with Gasteiger partial charge in [0.1, 0.15) is 0 Å². The predicted octanol–water partition coefficient (Wildman–Crippen LogP) is 3.52. The standard InChI is InChI=1S/C22H34N2O3/c1-3-27-22(26)9-7-5-4-6-8-21(25)20-12-10-19(11-13-20)18-24-16-14-23(2)15-17-24/h10-13H,3-9,14-18H2,1-2H3. The lowest BCUT2D eigenvalue weighted by atomic mass is 10.0. The summed E-state index contributed by atoms with van der Waals surface area (Å²) in [4.78, 5) is 28.4. The number of rotatable bonds is 11. The number of hydrogen-bond donors (Lipinski definition) is 0. The average molecular weight is 375 g/mol. The topological polar surface area (TPSA) is 49.9 Å². The van der Waals surface area contributed by atoms with Crippen molar-refractivity contribution in [1.29, 1.82) is 0 Å². The number of hydrogen-bond acceptors (Lipinski definition) is 5. The van der Waals surface area contributed by atoms with Gasteiger partial charge in [0.2, 0.25) is 0 Å². The van der Waals surface area contributed by atoms with Gasteiger partial charge in [0.05, 0.1) is 6.61 Å². The summed E-state index contributed by atoms with van der Waals surface area (Å²) in [5, 5.41) is 0. The van der Waals surface area contributed by atoms with E-state index in [1.165, 1.54) is 5.56 Å². The van der Waals surface area contributed by atoms with E-state index in [9.17, 15) is 9.59 Å². The van der Waals surface area contributed by atoms with Crippen LogP contribution < -0.4 is 0 Å². The van der Waals surface area contributed by atoms with E-state index in [-0.39, 0.29) is 11.8 Å². The van der Waals surface area contributed by atoms with Crippen LogP contribution in [0.1, 0.15) is 61.4 Å². The third kappa shape index (κ3) is 8.22. The molecule has 1 heterocycles. The number of nitrogens with zero attached hydrogens (tertiary/aromatic N) is 2. The third-order valence-electron chi connectivity index (χ3n) is 5.12. The van der Waals surface area contributed by atoms with Crippen molar-refractivity contribution in [3.8, 4) is 0 Å². The quantitative estimate of drug-likeness (QED) is 0.337. The molecule has 27 heavy (non-hydrogen) atoms. The molecule has 1 aliphatic rings. The molecule has 0 aliphatic carbocycles. The molecule has 0 atom stereocenters. The van der Waals surface area contributed by atoms with Crippen molar-refractivity contribution in [2.45, 2.75) is 52.0 Å². The Morgan fingerprint density at radius 2 is 1.56 bits per heavy atom. The van der Waals surface area contributed by atoms with Crippen LogP contribution in [-0.4, -0.2) is 61.4 Å². The Bertz CT molecular complexity index is 578. The molecular weight excluding hydrogens is 340 g/mol. The number of likely N-dealkylation sites (N-methyl/N-ethyl adjacent to an activating group) is 1. The number of carbonyl (C=O) groups is 2. The summed E-state index contributed by atoms with van der Waals surface area (Å²) in [6.45, 7) is 7.68. The third-order valence-corrected chi connectivity index (χ3v) is 5.12. The molecule has 2 rings (SSSR count). The number of piperazine rings is 1. The second kappa shape index (κ2) is 11.9. The van der Waals surface area contributed by atoms with Gasteiger partial charge in [0, 0.05) is 51.1 Å². The van der Waals surface area contributed by atoms with E-state index in [0.29, 0.717) is 19.4 Å². The maximum atomic E-state index is 12.3. The van der Waals surface area contributed by atoms with E-state index in [2.05, 4.69) is 29.0 Å². The summed E-state index contributed by atoms with van der Waals surface area (Å²) in [6.07, 6.45) is 4.73. The number of ketones is 1. The van der Waals surface area contributed by atoms with Crippen LogP contribution in [0.5, 0.6) is 0 Å². The molecule has 0 spiro atoms. The highest BCUT2D eigenvalue weighted by molar-refractivity contribution is 5.96. The molecule has 0 aromatic heterocycles. The van der Waals surface area contributed by atoms with E-state index < -0.39 is 0 Å². The van der Waals surface area contributed by atoms with Crippen molar-refractivity contribution in [2.24, 2.45) is 0 Å². The van der Waals surface area contributed by atoms with Gasteiger partial charge in [0.25, 0.3) is 0 Å². The molecule has 5 nitrogen and oxygen atoms in total. The van der Waals surface area contributed by atoms with Gasteiger partial charge in [-0.05, 0) is 32.4 Å². The fraction of sp³-hybridized carbons (Fsp3) is 0.636. The highest BCUT2D eigenvalue weighted by Gasteiger charge is 2.14. The summed E-state index contributed by atoms with van der Waals surface area (Å²) < 4.78 is 4.91. The lowest BCUT2D eigenvalue weighted by molar-refractivity contribution is -0.143. The molecule has 0 bridgehead atoms. The molecular formula is C22H34N2O3. The number of ether oxygens (including phenoxy) is 1. The number of carbonyl (C=O) groups excluding carboxylic acids is 2. The number of unbranched alkanes of at least 4 members (excludes halogenated alkanes) is 3. The zero-order valence-corrected chi connectivity index (χ0v) is 16.9. The molecule has 0 saturated carbocycles. The Kier molecular flexibility index (Phi) is 9.50. The zero-order valence-electron chi connectivity index (χ0n) is 16.9. The minimum atomic E-state index is -0.120. The first-order valence-corrected chi connectivity index (χ1v) is 10.3. The minimum absolute atomic E-state index is 0.120. The van der Waals surface area contributed by atoms with E-state index in [1.807, 2.05) is 19.1 Å². The summed E-state index contributed by atoms with van der Waals surface area (Å²) in [6, 6.07) is 8.11. The summed E-state index contributed by atoms with van der Waals surface area (Å²) in [5.74, 6) is 0.0942. The molecule has 0 amide bonds. The van der Waals surface area contributed by atoms with Crippen LogP contribution in [0.15, 0.2) is 24.3 Å². The van der Waals surface area contributed by atoms with Crippen molar-refractivity contribution < 1.29 is 14.3 Å². The molecule has 0 unspecified atom stereocenters. The van der Waals surface area contributed by atoms with Crippen LogP contribution >= 0.6 is 0 Å². The Morgan fingerprint density at radius 1 is 0.926 bits per heavy atom. The van der Waals surface area contributed by atoms with Crippen LogP contribution in [-0.2, 0) is 16.1 Å². The Hall–Kier alpha value is -1.72. The molecule has 5 heteroatoms. The van der Waals surface area contributed by atoms with Gasteiger partial charge >= 0.3 is 5.97 Å². The van der Waals surface area contributed by atoms with Gasteiger partial charge in [-0.15, -0.1) is 0 Å². The highest BCUT2D eigenvalue weighted by atomic mass is 16.5. The van der Waals surface area contributed by atoms with Crippen LogP contribution in [0.4, 0.5) is 0 Å². The SMILES string of the molecule is CCOC(=O)CCCCCCC(=O)c1ccc(CN2CCN(C)CC2)cc1. The predicted molar refractivity (Wildman–Crippen MR) is 108 cm³/mol. The minimum Gasteiger partial charge on any atom is -0.466 e. The monoisotopic (exact) mass is 374 g/mol. The van der Waals surface area contributed by atoms with E-state index >= 15 is 0 Å². The van der Waals surface area contributed by atoms with E-state index in [4.69, 9.17) is 4.74 Å².